The molecule has 2 rings (SSSR count). The average Bonchev–Trinajstić information content (AvgIpc) is 3.09. The maximum atomic E-state index is 12.8. The molecule has 0 radical (unpaired) electrons. The van der Waals surface area contributed by atoms with Gasteiger partial charge in [0, 0.05) is 13.1 Å². The van der Waals surface area contributed by atoms with Crippen LogP contribution in [0.4, 0.5) is 13.2 Å². The van der Waals surface area contributed by atoms with E-state index < -0.39 is 11.7 Å². The molecule has 1 fully saturated rings. The monoisotopic (exact) mass is 271 g/mol. The van der Waals surface area contributed by atoms with Crippen molar-refractivity contribution in [1.29, 1.82) is 0 Å². The number of hydrogen-bond donors (Lipinski definition) is 1. The maximum absolute atomic E-state index is 12.8. The van der Waals surface area contributed by atoms with Crippen LogP contribution in [0.1, 0.15) is 43.7 Å². The smallest absolute Gasteiger partial charge is 0.312 e. The minimum absolute atomic E-state index is 0.293. The number of hydrogen-bond acceptors (Lipinski definition) is 1. The Kier molecular flexibility index (Phi) is 4.19. The first-order valence-electron chi connectivity index (χ1n) is 6.83. The van der Waals surface area contributed by atoms with Gasteiger partial charge in [-0.25, -0.2) is 0 Å². The lowest BCUT2D eigenvalue weighted by atomic mass is 10.0. The quantitative estimate of drug-likeness (QED) is 0.810. The lowest BCUT2D eigenvalue weighted by Gasteiger charge is -2.17. The third-order valence-corrected chi connectivity index (χ3v) is 3.88. The van der Waals surface area contributed by atoms with E-state index in [4.69, 9.17) is 0 Å². The molecule has 106 valence electrons. The van der Waals surface area contributed by atoms with Gasteiger partial charge in [-0.15, -0.1) is 0 Å². The Balaban J connectivity index is 1.93. The molecule has 0 bridgehead atoms. The van der Waals surface area contributed by atoms with E-state index in [9.17, 15) is 13.2 Å². The van der Waals surface area contributed by atoms with Crippen molar-refractivity contribution in [2.45, 2.75) is 45.3 Å². The third-order valence-electron chi connectivity index (χ3n) is 3.88. The van der Waals surface area contributed by atoms with Gasteiger partial charge in [0.1, 0.15) is 0 Å². The molecule has 0 spiro atoms. The lowest BCUT2D eigenvalue weighted by Crippen LogP contribution is -2.25. The normalized spacial score (nSPS) is 17.5. The van der Waals surface area contributed by atoms with Gasteiger partial charge < -0.3 is 5.32 Å². The van der Waals surface area contributed by atoms with E-state index in [0.29, 0.717) is 17.5 Å². The summed E-state index contributed by atoms with van der Waals surface area (Å²) in [6, 6.07) is 5.79. The first-order chi connectivity index (χ1) is 8.97. The van der Waals surface area contributed by atoms with Gasteiger partial charge in [0.05, 0.1) is 5.56 Å². The fraction of sp³-hybridized carbons (Fsp3) is 0.600. The van der Waals surface area contributed by atoms with Gasteiger partial charge in [0.25, 0.3) is 0 Å². The van der Waals surface area contributed by atoms with Gasteiger partial charge in [0.15, 0.2) is 0 Å². The molecule has 0 aliphatic heterocycles. The van der Waals surface area contributed by atoms with Crippen LogP contribution < -0.4 is 5.32 Å². The number of nitrogens with one attached hydrogen (secondary N) is 1. The highest BCUT2D eigenvalue weighted by Gasteiger charge is 2.41. The average molecular weight is 271 g/mol. The van der Waals surface area contributed by atoms with Crippen molar-refractivity contribution in [3.63, 3.8) is 0 Å². The molecule has 1 aromatic rings. The second-order valence-electron chi connectivity index (χ2n) is 5.51. The fourth-order valence-corrected chi connectivity index (χ4v) is 2.64. The fourth-order valence-electron chi connectivity index (χ4n) is 2.64. The molecule has 1 N–H and O–H groups in total. The standard InChI is InChI=1S/C15H20F3N/c1-2-7-14(8-9-14)11-19-10-12-5-3-4-6-13(12)15(16,17)18/h3-6,19H,2,7-11H2,1H3. The second-order valence-corrected chi connectivity index (χ2v) is 5.51. The second kappa shape index (κ2) is 5.53. The van der Waals surface area contributed by atoms with Gasteiger partial charge in [0.2, 0.25) is 0 Å². The number of alkyl halides is 3. The van der Waals surface area contributed by atoms with Crippen molar-refractivity contribution in [3.05, 3.63) is 35.4 Å². The molecule has 1 saturated carbocycles. The van der Waals surface area contributed by atoms with Gasteiger partial charge in [-0.05, 0) is 36.3 Å². The van der Waals surface area contributed by atoms with Crippen molar-refractivity contribution in [1.82, 2.24) is 5.32 Å². The Labute approximate surface area is 112 Å². The van der Waals surface area contributed by atoms with Crippen LogP contribution in [0.2, 0.25) is 0 Å². The van der Waals surface area contributed by atoms with Gasteiger partial charge >= 0.3 is 6.18 Å². The van der Waals surface area contributed by atoms with E-state index in [1.165, 1.54) is 25.3 Å². The molecular formula is C15H20F3N. The van der Waals surface area contributed by atoms with Gasteiger partial charge in [-0.2, -0.15) is 13.2 Å². The first-order valence-corrected chi connectivity index (χ1v) is 6.83. The summed E-state index contributed by atoms with van der Waals surface area (Å²) < 4.78 is 38.4. The summed E-state index contributed by atoms with van der Waals surface area (Å²) in [4.78, 5) is 0. The number of halogens is 3. The lowest BCUT2D eigenvalue weighted by molar-refractivity contribution is -0.138. The largest absolute Gasteiger partial charge is 0.416 e. The molecule has 0 amide bonds. The van der Waals surface area contributed by atoms with Crippen molar-refractivity contribution < 1.29 is 13.2 Å². The Hall–Kier alpha value is -1.03. The predicted molar refractivity (Wildman–Crippen MR) is 69.7 cm³/mol. The van der Waals surface area contributed by atoms with Crippen LogP contribution >= 0.6 is 0 Å². The Bertz CT molecular complexity index is 422. The van der Waals surface area contributed by atoms with E-state index in [1.54, 1.807) is 12.1 Å². The minimum atomic E-state index is -4.26. The summed E-state index contributed by atoms with van der Waals surface area (Å²) in [5.41, 5.74) is 0.173. The molecule has 0 unspecified atom stereocenters. The molecule has 0 aromatic heterocycles. The molecule has 19 heavy (non-hydrogen) atoms. The zero-order chi connectivity index (χ0) is 13.9. The van der Waals surface area contributed by atoms with Crippen LogP contribution in [0.25, 0.3) is 0 Å². The molecular weight excluding hydrogens is 251 g/mol. The van der Waals surface area contributed by atoms with Crippen LogP contribution in [-0.4, -0.2) is 6.54 Å². The number of rotatable bonds is 6. The highest BCUT2D eigenvalue weighted by molar-refractivity contribution is 5.29. The van der Waals surface area contributed by atoms with Crippen LogP contribution in [-0.2, 0) is 12.7 Å². The predicted octanol–water partition coefficient (Wildman–Crippen LogP) is 4.38. The summed E-state index contributed by atoms with van der Waals surface area (Å²) in [6.45, 7) is 3.27. The topological polar surface area (TPSA) is 12.0 Å². The Morgan fingerprint density at radius 1 is 1.21 bits per heavy atom. The summed E-state index contributed by atoms with van der Waals surface area (Å²) >= 11 is 0. The van der Waals surface area contributed by atoms with Gasteiger partial charge in [-0.1, -0.05) is 31.5 Å². The third kappa shape index (κ3) is 3.72. The SMILES string of the molecule is CCCC1(CNCc2ccccc2C(F)(F)F)CC1. The molecule has 1 aliphatic carbocycles. The summed E-state index contributed by atoms with van der Waals surface area (Å²) in [6.07, 6.45) is 0.449. The first kappa shape index (κ1) is 14.4. The molecule has 0 heterocycles. The molecule has 1 aliphatic rings. The molecule has 1 nitrogen and oxygen atoms in total. The molecule has 4 heteroatoms. The summed E-state index contributed by atoms with van der Waals surface area (Å²) in [5.74, 6) is 0. The van der Waals surface area contributed by atoms with Crippen molar-refractivity contribution >= 4 is 0 Å². The van der Waals surface area contributed by atoms with E-state index in [-0.39, 0.29) is 0 Å². The van der Waals surface area contributed by atoms with Crippen molar-refractivity contribution in [2.24, 2.45) is 5.41 Å². The molecule has 0 atom stereocenters. The zero-order valence-electron chi connectivity index (χ0n) is 11.2. The zero-order valence-corrected chi connectivity index (χ0v) is 11.2. The maximum Gasteiger partial charge on any atom is 0.416 e. The van der Waals surface area contributed by atoms with Crippen LogP contribution in [0.3, 0.4) is 0 Å². The van der Waals surface area contributed by atoms with Crippen molar-refractivity contribution in [2.75, 3.05) is 6.54 Å². The van der Waals surface area contributed by atoms with Crippen molar-refractivity contribution in [3.8, 4) is 0 Å². The van der Waals surface area contributed by atoms with E-state index >= 15 is 0 Å². The Morgan fingerprint density at radius 3 is 2.47 bits per heavy atom. The molecule has 1 aromatic carbocycles. The highest BCUT2D eigenvalue weighted by atomic mass is 19.4. The van der Waals surface area contributed by atoms with Gasteiger partial charge in [-0.3, -0.25) is 0 Å². The van der Waals surface area contributed by atoms with E-state index in [1.807, 2.05) is 0 Å². The summed E-state index contributed by atoms with van der Waals surface area (Å²) in [7, 11) is 0. The number of benzene rings is 1. The Morgan fingerprint density at radius 2 is 1.89 bits per heavy atom. The van der Waals surface area contributed by atoms with E-state index in [0.717, 1.165) is 19.0 Å². The molecule has 0 saturated heterocycles. The highest BCUT2D eigenvalue weighted by Crippen LogP contribution is 2.49. The van der Waals surface area contributed by atoms with Crippen LogP contribution in [0.5, 0.6) is 0 Å². The summed E-state index contributed by atoms with van der Waals surface area (Å²) in [5, 5.41) is 3.20. The van der Waals surface area contributed by atoms with Crippen LogP contribution in [0.15, 0.2) is 24.3 Å². The van der Waals surface area contributed by atoms with Crippen LogP contribution in [0, 0.1) is 5.41 Å². The van der Waals surface area contributed by atoms with E-state index in [2.05, 4.69) is 12.2 Å². The minimum Gasteiger partial charge on any atom is -0.312 e.